The Morgan fingerprint density at radius 1 is 1.00 bits per heavy atom. The molecule has 0 bridgehead atoms. The third-order valence-corrected chi connectivity index (χ3v) is 4.02. The molecule has 0 amide bonds. The summed E-state index contributed by atoms with van der Waals surface area (Å²) >= 11 is 0. The summed E-state index contributed by atoms with van der Waals surface area (Å²) in [6.45, 7) is 0.932. The topological polar surface area (TPSA) is 152 Å². The van der Waals surface area contributed by atoms with Gasteiger partial charge in [0.25, 0.3) is 0 Å². The molecular formula is C8H6Na2O8S2. The second-order valence-corrected chi connectivity index (χ2v) is 6.01. The van der Waals surface area contributed by atoms with E-state index >= 15 is 0 Å². The predicted molar refractivity (Wildman–Crippen MR) is 54.1 cm³/mol. The van der Waals surface area contributed by atoms with Gasteiger partial charge in [0, 0.05) is 0 Å². The Balaban J connectivity index is 0. The van der Waals surface area contributed by atoms with Crippen LogP contribution in [0.15, 0.2) is 21.9 Å². The number of carbonyl (C=O) groups is 1. The first-order chi connectivity index (χ1) is 7.94. The van der Waals surface area contributed by atoms with E-state index in [0.717, 1.165) is 6.92 Å². The van der Waals surface area contributed by atoms with Crippen molar-refractivity contribution in [2.45, 2.75) is 16.7 Å². The van der Waals surface area contributed by atoms with Crippen LogP contribution < -0.4 is 59.1 Å². The van der Waals surface area contributed by atoms with Crippen LogP contribution in [0.5, 0.6) is 0 Å². The standard InChI is InChI=1S/C8H8O8S2.2Na/c1-4-6(17(11,12)13)2-5(8(9)10)3-7(4)18(14,15)16;;/h2-3H,1H3,(H,9,10)(H,11,12,13)(H,14,15,16);;/q;2*+1/p-2. The zero-order valence-electron chi connectivity index (χ0n) is 10.8. The van der Waals surface area contributed by atoms with Crippen LogP contribution in [-0.2, 0) is 20.2 Å². The van der Waals surface area contributed by atoms with Crippen molar-refractivity contribution in [2.24, 2.45) is 0 Å². The van der Waals surface area contributed by atoms with Gasteiger partial charge in [-0.15, -0.1) is 0 Å². The van der Waals surface area contributed by atoms with Gasteiger partial charge < -0.3 is 14.2 Å². The number of hydrogen-bond donors (Lipinski definition) is 1. The number of rotatable bonds is 3. The van der Waals surface area contributed by atoms with E-state index in [9.17, 15) is 30.7 Å². The van der Waals surface area contributed by atoms with Gasteiger partial charge in [0.15, 0.2) is 0 Å². The van der Waals surface area contributed by atoms with E-state index in [1.807, 2.05) is 0 Å². The predicted octanol–water partition coefficient (Wildman–Crippen LogP) is -6.49. The van der Waals surface area contributed by atoms with Gasteiger partial charge in [-0.2, -0.15) is 0 Å². The first-order valence-electron chi connectivity index (χ1n) is 4.24. The Morgan fingerprint density at radius 3 is 1.50 bits per heavy atom. The maximum atomic E-state index is 10.9. The summed E-state index contributed by atoms with van der Waals surface area (Å²) in [4.78, 5) is 8.59. The van der Waals surface area contributed by atoms with Crippen LogP contribution in [0.2, 0.25) is 0 Å². The number of carboxylic acids is 1. The molecule has 0 fully saturated rings. The Bertz CT molecular complexity index is 670. The molecule has 1 N–H and O–H groups in total. The normalized spacial score (nSPS) is 11.2. The summed E-state index contributed by atoms with van der Waals surface area (Å²) in [7, 11) is -10.2. The maximum absolute atomic E-state index is 10.9. The van der Waals surface area contributed by atoms with E-state index in [4.69, 9.17) is 5.11 Å². The van der Waals surface area contributed by atoms with Crippen molar-refractivity contribution in [1.29, 1.82) is 0 Å². The van der Waals surface area contributed by atoms with Gasteiger partial charge >= 0.3 is 65.1 Å². The van der Waals surface area contributed by atoms with Gasteiger partial charge in [0.05, 0.1) is 15.4 Å². The van der Waals surface area contributed by atoms with Crippen molar-refractivity contribution in [1.82, 2.24) is 0 Å². The second kappa shape index (κ2) is 7.68. The van der Waals surface area contributed by atoms with E-state index in [-0.39, 0.29) is 59.1 Å². The quantitative estimate of drug-likeness (QED) is 0.421. The van der Waals surface area contributed by atoms with E-state index < -0.39 is 47.1 Å². The zero-order valence-corrected chi connectivity index (χ0v) is 16.4. The Kier molecular flexibility index (Phi) is 8.75. The van der Waals surface area contributed by atoms with E-state index in [1.165, 1.54) is 0 Å². The smallest absolute Gasteiger partial charge is 0.744 e. The maximum Gasteiger partial charge on any atom is 1.00 e. The molecule has 0 radical (unpaired) electrons. The van der Waals surface area contributed by atoms with Crippen LogP contribution >= 0.6 is 0 Å². The first-order valence-corrected chi connectivity index (χ1v) is 7.06. The van der Waals surface area contributed by atoms with Crippen LogP contribution in [0, 0.1) is 6.92 Å². The second-order valence-electron chi connectivity index (χ2n) is 3.31. The van der Waals surface area contributed by atoms with E-state index in [2.05, 4.69) is 0 Å². The summed E-state index contributed by atoms with van der Waals surface area (Å²) in [6.07, 6.45) is 0. The largest absolute Gasteiger partial charge is 1.00 e. The zero-order chi connectivity index (χ0) is 14.3. The van der Waals surface area contributed by atoms with Crippen molar-refractivity contribution in [3.05, 3.63) is 23.3 Å². The molecule has 0 aliphatic heterocycles. The number of aromatic carboxylic acids is 1. The van der Waals surface area contributed by atoms with Crippen LogP contribution in [0.3, 0.4) is 0 Å². The van der Waals surface area contributed by atoms with Gasteiger partial charge in [-0.1, -0.05) is 0 Å². The molecule has 0 aliphatic carbocycles. The fraction of sp³-hybridized carbons (Fsp3) is 0.125. The molecule has 100 valence electrons. The summed E-state index contributed by atoms with van der Waals surface area (Å²) in [5.74, 6) is -1.66. The molecule has 20 heavy (non-hydrogen) atoms. The summed E-state index contributed by atoms with van der Waals surface area (Å²) < 4.78 is 65.2. The number of benzene rings is 1. The molecule has 0 unspecified atom stereocenters. The van der Waals surface area contributed by atoms with Gasteiger partial charge in [0.1, 0.15) is 20.2 Å². The average Bonchev–Trinajstić information content (AvgIpc) is 2.13. The van der Waals surface area contributed by atoms with Crippen molar-refractivity contribution in [3.8, 4) is 0 Å². The SMILES string of the molecule is Cc1c(S(=O)(=O)[O-])cc(C(=O)O)cc1S(=O)(=O)[O-].[Na+].[Na+]. The molecule has 0 heterocycles. The molecule has 8 nitrogen and oxygen atoms in total. The average molecular weight is 340 g/mol. The molecule has 0 saturated carbocycles. The number of carboxylic acid groups (broad SMARTS) is 1. The fourth-order valence-corrected chi connectivity index (χ4v) is 2.88. The Hall–Kier alpha value is 0.510. The fourth-order valence-electron chi connectivity index (χ4n) is 1.30. The third kappa shape index (κ3) is 5.37. The molecule has 12 heteroatoms. The van der Waals surface area contributed by atoms with Crippen LogP contribution in [0.1, 0.15) is 15.9 Å². The minimum atomic E-state index is -5.09. The summed E-state index contributed by atoms with van der Waals surface area (Å²) in [5, 5.41) is 8.66. The molecule has 1 aromatic rings. The molecule has 1 rings (SSSR count). The van der Waals surface area contributed by atoms with Gasteiger partial charge in [-0.3, -0.25) is 0 Å². The molecule has 0 aliphatic rings. The van der Waals surface area contributed by atoms with Gasteiger partial charge in [0.2, 0.25) is 0 Å². The first kappa shape index (κ1) is 22.8. The van der Waals surface area contributed by atoms with Crippen molar-refractivity contribution < 1.29 is 95.0 Å². The molecular weight excluding hydrogens is 334 g/mol. The molecule has 0 spiro atoms. The Morgan fingerprint density at radius 2 is 1.30 bits per heavy atom. The van der Waals surface area contributed by atoms with E-state index in [1.54, 1.807) is 0 Å². The van der Waals surface area contributed by atoms with Crippen molar-refractivity contribution in [3.63, 3.8) is 0 Å². The molecule has 0 atom stereocenters. The van der Waals surface area contributed by atoms with Crippen LogP contribution in [-0.4, -0.2) is 37.0 Å². The Labute approximate surface area is 159 Å². The van der Waals surface area contributed by atoms with Crippen LogP contribution in [0.4, 0.5) is 0 Å². The minimum Gasteiger partial charge on any atom is -0.744 e. The molecule has 1 aromatic carbocycles. The van der Waals surface area contributed by atoms with E-state index in [0.29, 0.717) is 12.1 Å². The summed E-state index contributed by atoms with van der Waals surface area (Å²) in [6, 6.07) is 1.02. The monoisotopic (exact) mass is 340 g/mol. The summed E-state index contributed by atoms with van der Waals surface area (Å²) in [5.41, 5.74) is -1.37. The van der Waals surface area contributed by atoms with Crippen molar-refractivity contribution in [2.75, 3.05) is 0 Å². The van der Waals surface area contributed by atoms with Crippen LogP contribution in [0.25, 0.3) is 0 Å². The number of hydrogen-bond acceptors (Lipinski definition) is 7. The molecule has 0 aromatic heterocycles. The van der Waals surface area contributed by atoms with Gasteiger partial charge in [-0.25, -0.2) is 21.6 Å². The minimum absolute atomic E-state index is 0. The third-order valence-electron chi connectivity index (χ3n) is 2.10. The molecule has 0 saturated heterocycles. The van der Waals surface area contributed by atoms with Gasteiger partial charge in [-0.05, 0) is 24.6 Å². The van der Waals surface area contributed by atoms with Crippen molar-refractivity contribution >= 4 is 26.2 Å².